The molecule has 0 spiro atoms. The van der Waals surface area contributed by atoms with Crippen LogP contribution >= 0.6 is 0 Å². The summed E-state index contributed by atoms with van der Waals surface area (Å²) in [7, 11) is 0. The fourth-order valence-corrected chi connectivity index (χ4v) is 0.943. The van der Waals surface area contributed by atoms with E-state index in [4.69, 9.17) is 9.47 Å². The molecule has 0 heterocycles. The van der Waals surface area contributed by atoms with Crippen molar-refractivity contribution in [3.63, 3.8) is 0 Å². The van der Waals surface area contributed by atoms with E-state index in [1.54, 1.807) is 0 Å². The molecule has 3 heteroatoms. The second-order valence-corrected chi connectivity index (χ2v) is 4.71. The zero-order chi connectivity index (χ0) is 11.0. The predicted molar refractivity (Wildman–Crippen MR) is 59.7 cm³/mol. The minimum absolute atomic E-state index is 0.178. The molecule has 0 aromatic carbocycles. The Morgan fingerprint density at radius 2 is 1.71 bits per heavy atom. The minimum atomic E-state index is 0.178. The average Bonchev–Trinajstić information content (AvgIpc) is 2.00. The van der Waals surface area contributed by atoms with E-state index in [1.807, 2.05) is 13.8 Å². The maximum absolute atomic E-state index is 5.39. The van der Waals surface area contributed by atoms with Gasteiger partial charge in [-0.05, 0) is 34.6 Å². The second kappa shape index (κ2) is 7.21. The third-order valence-electron chi connectivity index (χ3n) is 1.58. The van der Waals surface area contributed by atoms with Crippen molar-refractivity contribution in [1.29, 1.82) is 0 Å². The van der Waals surface area contributed by atoms with E-state index in [1.165, 1.54) is 0 Å². The van der Waals surface area contributed by atoms with Crippen molar-refractivity contribution in [2.75, 3.05) is 26.4 Å². The van der Waals surface area contributed by atoms with Gasteiger partial charge in [-0.15, -0.1) is 0 Å². The number of hydrogen-bond acceptors (Lipinski definition) is 3. The molecule has 14 heavy (non-hydrogen) atoms. The molecule has 0 aromatic heterocycles. The Bertz CT molecular complexity index is 130. The van der Waals surface area contributed by atoms with Crippen LogP contribution in [0, 0.1) is 0 Å². The predicted octanol–water partition coefficient (Wildman–Crippen LogP) is 1.82. The van der Waals surface area contributed by atoms with Crippen molar-refractivity contribution in [3.8, 4) is 0 Å². The maximum Gasteiger partial charge on any atom is 0.0703 e. The van der Waals surface area contributed by atoms with Crippen LogP contribution in [-0.4, -0.2) is 38.0 Å². The molecule has 0 aliphatic carbocycles. The van der Waals surface area contributed by atoms with Gasteiger partial charge in [0.2, 0.25) is 0 Å². The fourth-order valence-electron chi connectivity index (χ4n) is 0.943. The summed E-state index contributed by atoms with van der Waals surface area (Å²) in [6, 6.07) is 0. The highest BCUT2D eigenvalue weighted by atomic mass is 16.5. The van der Waals surface area contributed by atoms with E-state index in [2.05, 4.69) is 26.1 Å². The second-order valence-electron chi connectivity index (χ2n) is 4.71. The van der Waals surface area contributed by atoms with Gasteiger partial charge in [-0.1, -0.05) is 0 Å². The Labute approximate surface area is 88.2 Å². The van der Waals surface area contributed by atoms with Gasteiger partial charge < -0.3 is 14.8 Å². The Balaban J connectivity index is 3.07. The largest absolute Gasteiger partial charge is 0.378 e. The summed E-state index contributed by atoms with van der Waals surface area (Å²) in [5, 5.41) is 3.36. The smallest absolute Gasteiger partial charge is 0.0703 e. The van der Waals surface area contributed by atoms with Crippen molar-refractivity contribution in [2.24, 2.45) is 0 Å². The molecule has 0 amide bonds. The summed E-state index contributed by atoms with van der Waals surface area (Å²) in [4.78, 5) is 0. The fraction of sp³-hybridized carbons (Fsp3) is 1.00. The lowest BCUT2D eigenvalue weighted by molar-refractivity contribution is 0.0196. The Morgan fingerprint density at radius 3 is 2.21 bits per heavy atom. The van der Waals surface area contributed by atoms with E-state index in [-0.39, 0.29) is 5.54 Å². The van der Waals surface area contributed by atoms with Crippen LogP contribution in [0.3, 0.4) is 0 Å². The molecule has 0 fully saturated rings. The molecular formula is C11H25NO2. The molecule has 0 unspecified atom stereocenters. The number of rotatable bonds is 7. The Hall–Kier alpha value is -0.120. The van der Waals surface area contributed by atoms with Crippen molar-refractivity contribution in [3.05, 3.63) is 0 Å². The van der Waals surface area contributed by atoms with E-state index >= 15 is 0 Å². The normalized spacial score (nSPS) is 12.4. The summed E-state index contributed by atoms with van der Waals surface area (Å²) in [6.45, 7) is 13.5. The van der Waals surface area contributed by atoms with Gasteiger partial charge in [0.1, 0.15) is 0 Å². The van der Waals surface area contributed by atoms with Gasteiger partial charge in [-0.2, -0.15) is 0 Å². The van der Waals surface area contributed by atoms with Crippen LogP contribution in [0.5, 0.6) is 0 Å². The molecule has 1 N–H and O–H groups in total. The van der Waals surface area contributed by atoms with Crippen LogP contribution in [-0.2, 0) is 9.47 Å². The highest BCUT2D eigenvalue weighted by Crippen LogP contribution is 1.96. The molecule has 0 bridgehead atoms. The van der Waals surface area contributed by atoms with Crippen molar-refractivity contribution in [2.45, 2.75) is 46.3 Å². The van der Waals surface area contributed by atoms with Gasteiger partial charge in [0, 0.05) is 12.1 Å². The molecule has 3 nitrogen and oxygen atoms in total. The zero-order valence-electron chi connectivity index (χ0n) is 10.2. The molecule has 0 radical (unpaired) electrons. The number of ether oxygens (including phenoxy) is 2. The van der Waals surface area contributed by atoms with Crippen LogP contribution in [0.1, 0.15) is 34.6 Å². The van der Waals surface area contributed by atoms with E-state index in [9.17, 15) is 0 Å². The Morgan fingerprint density at radius 1 is 1.07 bits per heavy atom. The minimum Gasteiger partial charge on any atom is -0.378 e. The highest BCUT2D eigenvalue weighted by molar-refractivity contribution is 4.69. The van der Waals surface area contributed by atoms with E-state index in [0.717, 1.165) is 13.2 Å². The van der Waals surface area contributed by atoms with Gasteiger partial charge in [0.05, 0.1) is 25.9 Å². The Kier molecular flexibility index (Phi) is 7.15. The summed E-state index contributed by atoms with van der Waals surface area (Å²) in [5.74, 6) is 0. The molecule has 0 atom stereocenters. The molecule has 86 valence electrons. The van der Waals surface area contributed by atoms with Gasteiger partial charge in [-0.25, -0.2) is 0 Å². The van der Waals surface area contributed by atoms with E-state index < -0.39 is 0 Å². The number of nitrogens with one attached hydrogen (secondary N) is 1. The van der Waals surface area contributed by atoms with Crippen LogP contribution < -0.4 is 5.32 Å². The summed E-state index contributed by atoms with van der Waals surface area (Å²) >= 11 is 0. The van der Waals surface area contributed by atoms with Crippen molar-refractivity contribution in [1.82, 2.24) is 5.32 Å². The van der Waals surface area contributed by atoms with Crippen molar-refractivity contribution < 1.29 is 9.47 Å². The first-order chi connectivity index (χ1) is 6.42. The molecule has 0 aromatic rings. The van der Waals surface area contributed by atoms with Gasteiger partial charge in [0.25, 0.3) is 0 Å². The first-order valence-electron chi connectivity index (χ1n) is 5.36. The lowest BCUT2D eigenvalue weighted by atomic mass is 10.1. The first kappa shape index (κ1) is 13.9. The standard InChI is InChI=1S/C11H25NO2/c1-10(2)14-9-8-13-7-6-12-11(3,4)5/h10,12H,6-9H2,1-5H3. The third kappa shape index (κ3) is 11.9. The third-order valence-corrected chi connectivity index (χ3v) is 1.58. The van der Waals surface area contributed by atoms with Crippen LogP contribution in [0.2, 0.25) is 0 Å². The van der Waals surface area contributed by atoms with Crippen LogP contribution in [0.15, 0.2) is 0 Å². The highest BCUT2D eigenvalue weighted by Gasteiger charge is 2.06. The lowest BCUT2D eigenvalue weighted by Crippen LogP contribution is -2.38. The lowest BCUT2D eigenvalue weighted by Gasteiger charge is -2.20. The van der Waals surface area contributed by atoms with Gasteiger partial charge in [-0.3, -0.25) is 0 Å². The molecule has 0 aliphatic rings. The van der Waals surface area contributed by atoms with E-state index in [0.29, 0.717) is 19.3 Å². The molecule has 0 aliphatic heterocycles. The maximum atomic E-state index is 5.39. The van der Waals surface area contributed by atoms with Gasteiger partial charge in [0.15, 0.2) is 0 Å². The molecule has 0 saturated carbocycles. The monoisotopic (exact) mass is 203 g/mol. The summed E-state index contributed by atoms with van der Waals surface area (Å²) in [5.41, 5.74) is 0.178. The zero-order valence-corrected chi connectivity index (χ0v) is 10.2. The molecule has 0 saturated heterocycles. The van der Waals surface area contributed by atoms with Crippen LogP contribution in [0.25, 0.3) is 0 Å². The first-order valence-corrected chi connectivity index (χ1v) is 5.36. The van der Waals surface area contributed by atoms with Crippen LogP contribution in [0.4, 0.5) is 0 Å². The SMILES string of the molecule is CC(C)OCCOCCNC(C)(C)C. The van der Waals surface area contributed by atoms with Crippen molar-refractivity contribution >= 4 is 0 Å². The molecule has 0 rings (SSSR count). The topological polar surface area (TPSA) is 30.5 Å². The molecular weight excluding hydrogens is 178 g/mol. The summed E-state index contributed by atoms with van der Waals surface area (Å²) < 4.78 is 10.7. The van der Waals surface area contributed by atoms with Gasteiger partial charge >= 0.3 is 0 Å². The average molecular weight is 203 g/mol. The quantitative estimate of drug-likeness (QED) is 0.640. The number of hydrogen-bond donors (Lipinski definition) is 1. The summed E-state index contributed by atoms with van der Waals surface area (Å²) in [6.07, 6.45) is 0.298.